The fourth-order valence-corrected chi connectivity index (χ4v) is 3.81. The number of aromatic nitrogens is 2. The molecule has 1 N–H and O–H groups in total. The Morgan fingerprint density at radius 1 is 1.25 bits per heavy atom. The first-order valence-corrected chi connectivity index (χ1v) is 10.0. The van der Waals surface area contributed by atoms with Crippen LogP contribution in [0, 0.1) is 5.92 Å². The maximum absolute atomic E-state index is 13.5. The molecular weight excluding hydrogens is 376 g/mol. The van der Waals surface area contributed by atoms with Crippen LogP contribution in [-0.4, -0.2) is 46.3 Å². The first-order valence-electron chi connectivity index (χ1n) is 10.0. The van der Waals surface area contributed by atoms with Gasteiger partial charge in [-0.25, -0.2) is 4.68 Å². The van der Waals surface area contributed by atoms with E-state index in [9.17, 15) is 9.59 Å². The van der Waals surface area contributed by atoms with Crippen molar-refractivity contribution in [2.75, 3.05) is 19.6 Å². The van der Waals surface area contributed by atoms with Crippen LogP contribution in [0.5, 0.6) is 0 Å². The largest absolute Gasteiger partial charge is 0.334 e. The summed E-state index contributed by atoms with van der Waals surface area (Å²) in [5.74, 6) is 0.216. The normalized spacial score (nSPS) is 14.9. The van der Waals surface area contributed by atoms with Gasteiger partial charge < -0.3 is 10.2 Å². The van der Waals surface area contributed by atoms with E-state index in [1.807, 2.05) is 36.9 Å². The average molecular weight is 407 g/mol. The first kappa shape index (κ1) is 22.4. The molecule has 0 bridgehead atoms. The van der Waals surface area contributed by atoms with Gasteiger partial charge in [0.1, 0.15) is 0 Å². The van der Waals surface area contributed by atoms with E-state index in [0.29, 0.717) is 29.6 Å². The minimum Gasteiger partial charge on any atom is -0.334 e. The van der Waals surface area contributed by atoms with Gasteiger partial charge in [0.15, 0.2) is 5.69 Å². The number of amides is 1. The molecule has 3 rings (SSSR count). The van der Waals surface area contributed by atoms with E-state index in [2.05, 4.69) is 17.3 Å². The number of hydrogen-bond acceptors (Lipinski definition) is 4. The standard InChI is InChI=1S/C21H30N4O2.ClH/c1-4-13-24(16-9-11-22-12-10-16)21(27)19-17-7-5-6-8-18(17)20(26)25(23-19)14-15(2)3;/h5-8,15-16,22H,4,9-14H2,1-3H3;1H. The quantitative estimate of drug-likeness (QED) is 0.800. The van der Waals surface area contributed by atoms with Crippen molar-refractivity contribution < 1.29 is 4.79 Å². The van der Waals surface area contributed by atoms with Crippen LogP contribution in [-0.2, 0) is 6.54 Å². The summed E-state index contributed by atoms with van der Waals surface area (Å²) >= 11 is 0. The molecule has 0 atom stereocenters. The fraction of sp³-hybridized carbons (Fsp3) is 0.571. The third-order valence-electron chi connectivity index (χ3n) is 5.08. The second-order valence-corrected chi connectivity index (χ2v) is 7.76. The highest BCUT2D eigenvalue weighted by Crippen LogP contribution is 2.20. The Balaban J connectivity index is 0.00000280. The molecule has 2 heterocycles. The summed E-state index contributed by atoms with van der Waals surface area (Å²) in [7, 11) is 0. The van der Waals surface area contributed by atoms with Gasteiger partial charge in [-0.3, -0.25) is 9.59 Å². The van der Waals surface area contributed by atoms with E-state index in [4.69, 9.17) is 0 Å². The zero-order valence-electron chi connectivity index (χ0n) is 17.0. The maximum atomic E-state index is 13.5. The van der Waals surface area contributed by atoms with Crippen molar-refractivity contribution in [1.82, 2.24) is 20.0 Å². The average Bonchev–Trinajstić information content (AvgIpc) is 2.68. The molecule has 7 heteroatoms. The summed E-state index contributed by atoms with van der Waals surface area (Å²) in [4.78, 5) is 28.3. The van der Waals surface area contributed by atoms with Crippen molar-refractivity contribution >= 4 is 29.1 Å². The van der Waals surface area contributed by atoms with E-state index in [1.54, 1.807) is 6.07 Å². The lowest BCUT2D eigenvalue weighted by molar-refractivity contribution is 0.0636. The van der Waals surface area contributed by atoms with E-state index >= 15 is 0 Å². The summed E-state index contributed by atoms with van der Waals surface area (Å²) in [6, 6.07) is 7.56. The van der Waals surface area contributed by atoms with Gasteiger partial charge >= 0.3 is 0 Å². The fourth-order valence-electron chi connectivity index (χ4n) is 3.81. The molecule has 28 heavy (non-hydrogen) atoms. The highest BCUT2D eigenvalue weighted by atomic mass is 35.5. The van der Waals surface area contributed by atoms with Gasteiger partial charge in [0, 0.05) is 24.5 Å². The Bertz CT molecular complexity index is 859. The predicted molar refractivity (Wildman–Crippen MR) is 115 cm³/mol. The monoisotopic (exact) mass is 406 g/mol. The highest BCUT2D eigenvalue weighted by Gasteiger charge is 2.28. The molecule has 154 valence electrons. The minimum atomic E-state index is -0.125. The van der Waals surface area contributed by atoms with Gasteiger partial charge in [0.2, 0.25) is 0 Å². The zero-order valence-corrected chi connectivity index (χ0v) is 17.8. The second kappa shape index (κ2) is 10.0. The molecule has 1 aromatic carbocycles. The summed E-state index contributed by atoms with van der Waals surface area (Å²) in [6.45, 7) is 9.26. The molecule has 6 nitrogen and oxygen atoms in total. The lowest BCUT2D eigenvalue weighted by Crippen LogP contribution is -2.47. The zero-order chi connectivity index (χ0) is 19.4. The van der Waals surface area contributed by atoms with Crippen LogP contribution in [0.3, 0.4) is 0 Å². The molecule has 2 aromatic rings. The Labute approximate surface area is 172 Å². The van der Waals surface area contributed by atoms with Crippen LogP contribution in [0.25, 0.3) is 10.8 Å². The van der Waals surface area contributed by atoms with Crippen molar-refractivity contribution in [2.24, 2.45) is 5.92 Å². The molecule has 1 saturated heterocycles. The molecule has 0 spiro atoms. The van der Waals surface area contributed by atoms with Crippen molar-refractivity contribution in [3.63, 3.8) is 0 Å². The van der Waals surface area contributed by atoms with Crippen LogP contribution in [0.1, 0.15) is 50.5 Å². The lowest BCUT2D eigenvalue weighted by atomic mass is 10.0. The lowest BCUT2D eigenvalue weighted by Gasteiger charge is -2.34. The summed E-state index contributed by atoms with van der Waals surface area (Å²) in [5.41, 5.74) is 0.276. The van der Waals surface area contributed by atoms with Crippen LogP contribution >= 0.6 is 12.4 Å². The van der Waals surface area contributed by atoms with Gasteiger partial charge in [0.25, 0.3) is 11.5 Å². The number of halogens is 1. The Hall–Kier alpha value is -1.92. The van der Waals surface area contributed by atoms with E-state index in [-0.39, 0.29) is 35.8 Å². The maximum Gasteiger partial charge on any atom is 0.275 e. The molecule has 0 aliphatic carbocycles. The predicted octanol–water partition coefficient (Wildman–Crippen LogP) is 3.08. The van der Waals surface area contributed by atoms with Crippen LogP contribution < -0.4 is 10.9 Å². The van der Waals surface area contributed by atoms with Gasteiger partial charge in [-0.1, -0.05) is 39.0 Å². The van der Waals surface area contributed by atoms with E-state index in [0.717, 1.165) is 32.4 Å². The smallest absolute Gasteiger partial charge is 0.275 e. The molecule has 1 aliphatic heterocycles. The second-order valence-electron chi connectivity index (χ2n) is 7.76. The number of carbonyl (C=O) groups is 1. The molecule has 1 aliphatic rings. The van der Waals surface area contributed by atoms with Crippen LogP contribution in [0.4, 0.5) is 0 Å². The molecule has 0 saturated carbocycles. The van der Waals surface area contributed by atoms with Gasteiger partial charge in [-0.05, 0) is 44.3 Å². The van der Waals surface area contributed by atoms with Crippen molar-refractivity contribution in [2.45, 2.75) is 52.6 Å². The summed E-state index contributed by atoms with van der Waals surface area (Å²) in [5, 5.41) is 9.12. The number of nitrogens with zero attached hydrogens (tertiary/aromatic N) is 3. The number of benzene rings is 1. The van der Waals surface area contributed by atoms with Crippen molar-refractivity contribution in [1.29, 1.82) is 0 Å². The van der Waals surface area contributed by atoms with Crippen molar-refractivity contribution in [3.8, 4) is 0 Å². The van der Waals surface area contributed by atoms with Crippen LogP contribution in [0.15, 0.2) is 29.1 Å². The van der Waals surface area contributed by atoms with Gasteiger partial charge in [-0.15, -0.1) is 12.4 Å². The topological polar surface area (TPSA) is 67.2 Å². The van der Waals surface area contributed by atoms with Crippen molar-refractivity contribution in [3.05, 3.63) is 40.3 Å². The summed E-state index contributed by atoms with van der Waals surface area (Å²) < 4.78 is 1.47. The van der Waals surface area contributed by atoms with Gasteiger partial charge in [-0.2, -0.15) is 5.10 Å². The third kappa shape index (κ3) is 4.73. The molecule has 1 aromatic heterocycles. The van der Waals surface area contributed by atoms with E-state index < -0.39 is 0 Å². The Morgan fingerprint density at radius 3 is 2.50 bits per heavy atom. The van der Waals surface area contributed by atoms with Gasteiger partial charge in [0.05, 0.1) is 5.39 Å². The number of fused-ring (bicyclic) bond motifs is 1. The number of piperidine rings is 1. The molecular formula is C21H31ClN4O2. The SMILES string of the molecule is CCCN(C(=O)c1nn(CC(C)C)c(=O)c2ccccc12)C1CCNCC1.Cl. The third-order valence-corrected chi connectivity index (χ3v) is 5.08. The Kier molecular flexibility index (Phi) is 8.01. The number of hydrogen-bond donors (Lipinski definition) is 1. The molecule has 1 fully saturated rings. The number of nitrogens with one attached hydrogen (secondary N) is 1. The Morgan fingerprint density at radius 2 is 1.89 bits per heavy atom. The molecule has 0 radical (unpaired) electrons. The number of carbonyl (C=O) groups excluding carboxylic acids is 1. The number of rotatable bonds is 6. The summed E-state index contributed by atoms with van der Waals surface area (Å²) in [6.07, 6.45) is 2.81. The minimum absolute atomic E-state index is 0. The molecule has 0 unspecified atom stereocenters. The molecule has 1 amide bonds. The van der Waals surface area contributed by atoms with Crippen LogP contribution in [0.2, 0.25) is 0 Å². The van der Waals surface area contributed by atoms with E-state index in [1.165, 1.54) is 4.68 Å². The first-order chi connectivity index (χ1) is 13.0. The highest BCUT2D eigenvalue weighted by molar-refractivity contribution is 6.04.